The summed E-state index contributed by atoms with van der Waals surface area (Å²) >= 11 is 0. The molecule has 0 heterocycles. The van der Waals surface area contributed by atoms with Crippen LogP contribution in [0.3, 0.4) is 0 Å². The quantitative estimate of drug-likeness (QED) is 0.724. The van der Waals surface area contributed by atoms with Crippen molar-refractivity contribution in [3.05, 3.63) is 18.2 Å². The summed E-state index contributed by atoms with van der Waals surface area (Å²) in [5, 5.41) is 3.35. The summed E-state index contributed by atoms with van der Waals surface area (Å²) < 4.78 is 5.13. The van der Waals surface area contributed by atoms with Gasteiger partial charge in [-0.25, -0.2) is 0 Å². The van der Waals surface area contributed by atoms with E-state index in [1.165, 1.54) is 0 Å². The fraction of sp³-hybridized carbons (Fsp3) is 0.455. The monoisotopic (exact) mass is 194 g/mol. The number of nitrogens with two attached hydrogens (primary N) is 1. The summed E-state index contributed by atoms with van der Waals surface area (Å²) in [7, 11) is 1.64. The fourth-order valence-corrected chi connectivity index (χ4v) is 1.21. The molecule has 0 saturated heterocycles. The van der Waals surface area contributed by atoms with Gasteiger partial charge < -0.3 is 15.8 Å². The van der Waals surface area contributed by atoms with E-state index in [1.807, 2.05) is 18.2 Å². The molecule has 1 aromatic rings. The van der Waals surface area contributed by atoms with Gasteiger partial charge in [0.1, 0.15) is 5.75 Å². The maximum Gasteiger partial charge on any atom is 0.122 e. The molecule has 0 aliphatic carbocycles. The fourth-order valence-electron chi connectivity index (χ4n) is 1.21. The minimum Gasteiger partial charge on any atom is -0.497 e. The van der Waals surface area contributed by atoms with Gasteiger partial charge in [-0.05, 0) is 19.4 Å². The van der Waals surface area contributed by atoms with E-state index >= 15 is 0 Å². The first-order chi connectivity index (χ1) is 6.65. The van der Waals surface area contributed by atoms with E-state index < -0.39 is 0 Å². The van der Waals surface area contributed by atoms with Gasteiger partial charge in [-0.1, -0.05) is 6.92 Å². The molecule has 3 heteroatoms. The first-order valence-electron chi connectivity index (χ1n) is 4.86. The van der Waals surface area contributed by atoms with Gasteiger partial charge in [0, 0.05) is 29.5 Å². The zero-order valence-electron chi connectivity index (χ0n) is 9.00. The Balaban J connectivity index is 2.81. The predicted molar refractivity (Wildman–Crippen MR) is 60.8 cm³/mol. The van der Waals surface area contributed by atoms with Crippen LogP contribution >= 0.6 is 0 Å². The third-order valence-corrected chi connectivity index (χ3v) is 2.19. The number of methoxy groups -OCH3 is 1. The Hall–Kier alpha value is -1.38. The van der Waals surface area contributed by atoms with E-state index in [2.05, 4.69) is 19.2 Å². The Bertz CT molecular complexity index is 299. The van der Waals surface area contributed by atoms with Crippen LogP contribution in [0.4, 0.5) is 11.4 Å². The zero-order chi connectivity index (χ0) is 10.6. The first kappa shape index (κ1) is 10.7. The molecule has 0 aliphatic rings. The first-order valence-corrected chi connectivity index (χ1v) is 4.86. The van der Waals surface area contributed by atoms with E-state index in [0.717, 1.165) is 23.5 Å². The van der Waals surface area contributed by atoms with Crippen LogP contribution in [-0.2, 0) is 0 Å². The SMILES string of the molecule is CCC(C)Nc1cc(N)cc(OC)c1. The lowest BCUT2D eigenvalue weighted by Gasteiger charge is -2.14. The maximum absolute atomic E-state index is 5.73. The normalized spacial score (nSPS) is 12.2. The van der Waals surface area contributed by atoms with Crippen molar-refractivity contribution in [2.24, 2.45) is 0 Å². The van der Waals surface area contributed by atoms with E-state index in [-0.39, 0.29) is 0 Å². The lowest BCUT2D eigenvalue weighted by Crippen LogP contribution is -2.13. The number of hydrogen-bond donors (Lipinski definition) is 2. The second-order valence-electron chi connectivity index (χ2n) is 3.45. The predicted octanol–water partition coefficient (Wildman–Crippen LogP) is 2.49. The molecule has 0 amide bonds. The third kappa shape index (κ3) is 2.83. The number of ether oxygens (including phenoxy) is 1. The Morgan fingerprint density at radius 1 is 1.43 bits per heavy atom. The minimum atomic E-state index is 0.446. The van der Waals surface area contributed by atoms with E-state index in [1.54, 1.807) is 7.11 Å². The van der Waals surface area contributed by atoms with Gasteiger partial charge in [0.05, 0.1) is 7.11 Å². The standard InChI is InChI=1S/C11H18N2O/c1-4-8(2)13-10-5-9(12)6-11(7-10)14-3/h5-8,13H,4,12H2,1-3H3. The number of benzene rings is 1. The Morgan fingerprint density at radius 3 is 2.71 bits per heavy atom. The van der Waals surface area contributed by atoms with Crippen molar-refractivity contribution in [1.82, 2.24) is 0 Å². The molecule has 0 aromatic heterocycles. The zero-order valence-corrected chi connectivity index (χ0v) is 9.00. The lowest BCUT2D eigenvalue weighted by atomic mass is 10.2. The van der Waals surface area contributed by atoms with Crippen LogP contribution in [0.1, 0.15) is 20.3 Å². The molecule has 0 aliphatic heterocycles. The highest BCUT2D eigenvalue weighted by atomic mass is 16.5. The molecule has 14 heavy (non-hydrogen) atoms. The molecular formula is C11H18N2O. The number of nitrogen functional groups attached to an aromatic ring is 1. The highest BCUT2D eigenvalue weighted by Gasteiger charge is 2.01. The van der Waals surface area contributed by atoms with Gasteiger partial charge in [0.15, 0.2) is 0 Å². The van der Waals surface area contributed by atoms with E-state index in [4.69, 9.17) is 10.5 Å². The average molecular weight is 194 g/mol. The van der Waals surface area contributed by atoms with Crippen LogP contribution in [0.5, 0.6) is 5.75 Å². The number of nitrogens with one attached hydrogen (secondary N) is 1. The van der Waals surface area contributed by atoms with Crippen molar-refractivity contribution in [3.8, 4) is 5.75 Å². The van der Waals surface area contributed by atoms with Crippen LogP contribution in [0, 0.1) is 0 Å². The number of anilines is 2. The van der Waals surface area contributed by atoms with Crippen molar-refractivity contribution in [1.29, 1.82) is 0 Å². The number of hydrogen-bond acceptors (Lipinski definition) is 3. The number of rotatable bonds is 4. The van der Waals surface area contributed by atoms with Gasteiger partial charge in [-0.15, -0.1) is 0 Å². The van der Waals surface area contributed by atoms with Gasteiger partial charge >= 0.3 is 0 Å². The molecule has 0 spiro atoms. The molecule has 78 valence electrons. The molecule has 1 aromatic carbocycles. The molecule has 3 N–H and O–H groups in total. The van der Waals surface area contributed by atoms with Crippen molar-refractivity contribution < 1.29 is 4.74 Å². The topological polar surface area (TPSA) is 47.3 Å². The van der Waals surface area contributed by atoms with Crippen LogP contribution in [-0.4, -0.2) is 13.2 Å². The summed E-state index contributed by atoms with van der Waals surface area (Å²) in [6.07, 6.45) is 1.08. The Labute approximate surface area is 85.3 Å². The molecule has 3 nitrogen and oxygen atoms in total. The van der Waals surface area contributed by atoms with E-state index in [9.17, 15) is 0 Å². The van der Waals surface area contributed by atoms with Crippen LogP contribution in [0.25, 0.3) is 0 Å². The third-order valence-electron chi connectivity index (χ3n) is 2.19. The molecule has 0 fully saturated rings. The summed E-state index contributed by atoms with van der Waals surface area (Å²) in [5.41, 5.74) is 7.46. The summed E-state index contributed by atoms with van der Waals surface area (Å²) in [6.45, 7) is 4.27. The smallest absolute Gasteiger partial charge is 0.122 e. The lowest BCUT2D eigenvalue weighted by molar-refractivity contribution is 0.415. The van der Waals surface area contributed by atoms with Gasteiger partial charge in [0.25, 0.3) is 0 Å². The molecule has 1 unspecified atom stereocenters. The second-order valence-corrected chi connectivity index (χ2v) is 3.45. The van der Waals surface area contributed by atoms with Crippen LogP contribution in [0.2, 0.25) is 0 Å². The van der Waals surface area contributed by atoms with E-state index in [0.29, 0.717) is 6.04 Å². The summed E-state index contributed by atoms with van der Waals surface area (Å²) in [6, 6.07) is 6.11. The van der Waals surface area contributed by atoms with Crippen molar-refractivity contribution in [3.63, 3.8) is 0 Å². The second kappa shape index (κ2) is 4.74. The summed E-state index contributed by atoms with van der Waals surface area (Å²) in [4.78, 5) is 0. The van der Waals surface area contributed by atoms with Gasteiger partial charge in [-0.3, -0.25) is 0 Å². The molecule has 0 bridgehead atoms. The minimum absolute atomic E-state index is 0.446. The van der Waals surface area contributed by atoms with Gasteiger partial charge in [-0.2, -0.15) is 0 Å². The van der Waals surface area contributed by atoms with Gasteiger partial charge in [0.2, 0.25) is 0 Å². The van der Waals surface area contributed by atoms with Crippen molar-refractivity contribution >= 4 is 11.4 Å². The average Bonchev–Trinajstić information content (AvgIpc) is 2.16. The molecular weight excluding hydrogens is 176 g/mol. The van der Waals surface area contributed by atoms with Crippen molar-refractivity contribution in [2.45, 2.75) is 26.3 Å². The van der Waals surface area contributed by atoms with Crippen molar-refractivity contribution in [2.75, 3.05) is 18.2 Å². The molecule has 0 radical (unpaired) electrons. The highest BCUT2D eigenvalue weighted by Crippen LogP contribution is 2.22. The molecule has 1 rings (SSSR count). The molecule has 1 atom stereocenters. The molecule has 0 saturated carbocycles. The van der Waals surface area contributed by atoms with Crippen LogP contribution < -0.4 is 15.8 Å². The Kier molecular flexibility index (Phi) is 3.63. The summed E-state index contributed by atoms with van der Waals surface area (Å²) in [5.74, 6) is 0.788. The maximum atomic E-state index is 5.73. The highest BCUT2D eigenvalue weighted by molar-refractivity contribution is 5.59. The van der Waals surface area contributed by atoms with Crippen LogP contribution in [0.15, 0.2) is 18.2 Å². The largest absolute Gasteiger partial charge is 0.497 e. The Morgan fingerprint density at radius 2 is 2.14 bits per heavy atom.